The van der Waals surface area contributed by atoms with E-state index in [1.807, 2.05) is 24.3 Å². The molecule has 6 heteroatoms. The summed E-state index contributed by atoms with van der Waals surface area (Å²) in [6.07, 6.45) is -3.67. The van der Waals surface area contributed by atoms with Crippen LogP contribution < -0.4 is 0 Å². The number of alkyl halides is 3. The number of aryl methyl sites for hydroxylation is 3. The van der Waals surface area contributed by atoms with Crippen molar-refractivity contribution in [3.63, 3.8) is 0 Å². The Hall–Kier alpha value is -2.37. The molecule has 0 atom stereocenters. The Morgan fingerprint density at radius 2 is 1.91 bits per heavy atom. The summed E-state index contributed by atoms with van der Waals surface area (Å²) in [5.41, 5.74) is 1.88. The quantitative estimate of drug-likeness (QED) is 0.629. The third-order valence-electron chi connectivity index (χ3n) is 4.00. The van der Waals surface area contributed by atoms with E-state index in [0.29, 0.717) is 23.7 Å². The van der Waals surface area contributed by atoms with E-state index >= 15 is 0 Å². The maximum absolute atomic E-state index is 13.3. The standard InChI is InChI=1S/C16H12F3N3/c1-9-8-12(16(17,18)19)13-15(20-9)22-7-6-10-4-2-3-5-11(10)14(22)21-13/h2-5,8H,6-7H2,1H3. The molecular formula is C16H12F3N3. The van der Waals surface area contributed by atoms with Gasteiger partial charge in [-0.1, -0.05) is 24.3 Å². The first-order valence-electron chi connectivity index (χ1n) is 6.98. The Morgan fingerprint density at radius 3 is 2.68 bits per heavy atom. The van der Waals surface area contributed by atoms with Crippen molar-refractivity contribution >= 4 is 11.2 Å². The van der Waals surface area contributed by atoms with E-state index in [1.165, 1.54) is 0 Å². The lowest BCUT2D eigenvalue weighted by molar-refractivity contribution is -0.136. The molecule has 0 amide bonds. The van der Waals surface area contributed by atoms with Crippen LogP contribution >= 0.6 is 0 Å². The van der Waals surface area contributed by atoms with E-state index in [1.54, 1.807) is 11.5 Å². The first-order valence-corrected chi connectivity index (χ1v) is 6.98. The smallest absolute Gasteiger partial charge is 0.308 e. The normalized spacial score (nSPS) is 14.0. The summed E-state index contributed by atoms with van der Waals surface area (Å²) >= 11 is 0. The molecule has 0 spiro atoms. The number of hydrogen-bond donors (Lipinski definition) is 0. The molecule has 22 heavy (non-hydrogen) atoms. The van der Waals surface area contributed by atoms with Crippen molar-refractivity contribution in [2.24, 2.45) is 0 Å². The van der Waals surface area contributed by atoms with E-state index in [4.69, 9.17) is 0 Å². The fourth-order valence-corrected chi connectivity index (χ4v) is 3.04. The second-order valence-electron chi connectivity index (χ2n) is 5.48. The SMILES string of the molecule is Cc1cc(C(F)(F)F)c2nc3n(c2n1)CCc1ccccc1-3. The number of benzene rings is 1. The summed E-state index contributed by atoms with van der Waals surface area (Å²) in [4.78, 5) is 8.58. The van der Waals surface area contributed by atoms with Crippen molar-refractivity contribution < 1.29 is 13.2 Å². The van der Waals surface area contributed by atoms with Gasteiger partial charge in [-0.15, -0.1) is 0 Å². The van der Waals surface area contributed by atoms with Crippen molar-refractivity contribution in [1.29, 1.82) is 0 Å². The highest BCUT2D eigenvalue weighted by Crippen LogP contribution is 2.38. The van der Waals surface area contributed by atoms with Crippen molar-refractivity contribution in [2.75, 3.05) is 0 Å². The first kappa shape index (κ1) is 13.3. The van der Waals surface area contributed by atoms with Gasteiger partial charge >= 0.3 is 6.18 Å². The zero-order valence-corrected chi connectivity index (χ0v) is 11.8. The van der Waals surface area contributed by atoms with E-state index in [2.05, 4.69) is 9.97 Å². The van der Waals surface area contributed by atoms with Crippen LogP contribution in [0.4, 0.5) is 13.2 Å². The Bertz CT molecular complexity index is 894. The molecule has 1 aromatic carbocycles. The topological polar surface area (TPSA) is 30.7 Å². The van der Waals surface area contributed by atoms with E-state index in [9.17, 15) is 13.2 Å². The van der Waals surface area contributed by atoms with Crippen LogP contribution in [0.15, 0.2) is 30.3 Å². The van der Waals surface area contributed by atoms with Crippen LogP contribution in [0.25, 0.3) is 22.6 Å². The lowest BCUT2D eigenvalue weighted by atomic mass is 10.0. The molecule has 0 aliphatic carbocycles. The third kappa shape index (κ3) is 1.83. The summed E-state index contributed by atoms with van der Waals surface area (Å²) in [6, 6.07) is 8.75. The minimum atomic E-state index is -4.43. The van der Waals surface area contributed by atoms with Crippen molar-refractivity contribution in [3.05, 3.63) is 47.2 Å². The summed E-state index contributed by atoms with van der Waals surface area (Å²) in [5.74, 6) is 0.570. The molecule has 0 radical (unpaired) electrons. The number of hydrogen-bond acceptors (Lipinski definition) is 2. The lowest BCUT2D eigenvalue weighted by Gasteiger charge is -2.17. The Morgan fingerprint density at radius 1 is 1.14 bits per heavy atom. The van der Waals surface area contributed by atoms with Gasteiger partial charge in [-0.25, -0.2) is 9.97 Å². The number of rotatable bonds is 0. The highest BCUT2D eigenvalue weighted by Gasteiger charge is 2.36. The fourth-order valence-electron chi connectivity index (χ4n) is 3.04. The second kappa shape index (κ2) is 4.32. The predicted octanol–water partition coefficient (Wildman–Crippen LogP) is 3.98. The van der Waals surface area contributed by atoms with Crippen LogP contribution in [0.3, 0.4) is 0 Å². The number of nitrogens with zero attached hydrogens (tertiary/aromatic N) is 3. The van der Waals surface area contributed by atoms with Crippen molar-refractivity contribution in [1.82, 2.24) is 14.5 Å². The summed E-state index contributed by atoms with van der Waals surface area (Å²) in [7, 11) is 0. The van der Waals surface area contributed by atoms with Crippen LogP contribution in [0.5, 0.6) is 0 Å². The average Bonchev–Trinajstić information content (AvgIpc) is 2.84. The zero-order chi connectivity index (χ0) is 15.5. The van der Waals surface area contributed by atoms with Gasteiger partial charge in [0, 0.05) is 17.8 Å². The molecule has 3 nitrogen and oxygen atoms in total. The molecule has 0 fully saturated rings. The van der Waals surface area contributed by atoms with Gasteiger partial charge in [0.2, 0.25) is 0 Å². The first-order chi connectivity index (χ1) is 10.4. The number of imidazole rings is 1. The highest BCUT2D eigenvalue weighted by molar-refractivity contribution is 5.82. The van der Waals surface area contributed by atoms with Gasteiger partial charge in [0.15, 0.2) is 5.65 Å². The molecule has 1 aliphatic heterocycles. The molecule has 0 saturated heterocycles. The van der Waals surface area contributed by atoms with Crippen LogP contribution in [-0.2, 0) is 19.1 Å². The monoisotopic (exact) mass is 303 g/mol. The molecule has 1 aliphatic rings. The molecule has 112 valence electrons. The van der Waals surface area contributed by atoms with Gasteiger partial charge in [-0.2, -0.15) is 13.2 Å². The van der Waals surface area contributed by atoms with Crippen LogP contribution in [0.2, 0.25) is 0 Å². The average molecular weight is 303 g/mol. The Labute approximate surface area is 124 Å². The summed E-state index contributed by atoms with van der Waals surface area (Å²) in [6.45, 7) is 2.17. The Balaban J connectivity index is 2.08. The van der Waals surface area contributed by atoms with Gasteiger partial charge in [-0.3, -0.25) is 0 Å². The largest absolute Gasteiger partial charge is 0.418 e. The van der Waals surface area contributed by atoms with Gasteiger partial charge in [0.05, 0.1) is 5.56 Å². The number of fused-ring (bicyclic) bond motifs is 5. The number of pyridine rings is 1. The summed E-state index contributed by atoms with van der Waals surface area (Å²) in [5, 5.41) is 0. The van der Waals surface area contributed by atoms with Crippen LogP contribution in [0, 0.1) is 6.92 Å². The van der Waals surface area contributed by atoms with E-state index in [0.717, 1.165) is 23.6 Å². The minimum absolute atomic E-state index is 0.0650. The molecule has 3 heterocycles. The molecule has 0 unspecified atom stereocenters. The molecule has 0 saturated carbocycles. The fraction of sp³-hybridized carbons (Fsp3) is 0.250. The maximum Gasteiger partial charge on any atom is 0.418 e. The van der Waals surface area contributed by atoms with Gasteiger partial charge < -0.3 is 4.57 Å². The van der Waals surface area contributed by atoms with Gasteiger partial charge in [-0.05, 0) is 25.0 Å². The third-order valence-corrected chi connectivity index (χ3v) is 4.00. The number of aromatic nitrogens is 3. The van der Waals surface area contributed by atoms with Crippen LogP contribution in [0.1, 0.15) is 16.8 Å². The van der Waals surface area contributed by atoms with Crippen molar-refractivity contribution in [2.45, 2.75) is 26.1 Å². The zero-order valence-electron chi connectivity index (χ0n) is 11.8. The molecule has 0 bridgehead atoms. The molecule has 0 N–H and O–H groups in total. The molecule has 4 rings (SSSR count). The van der Waals surface area contributed by atoms with Gasteiger partial charge in [0.1, 0.15) is 11.3 Å². The molecule has 2 aromatic heterocycles. The predicted molar refractivity (Wildman–Crippen MR) is 76.4 cm³/mol. The van der Waals surface area contributed by atoms with E-state index < -0.39 is 11.7 Å². The van der Waals surface area contributed by atoms with Gasteiger partial charge in [0.25, 0.3) is 0 Å². The Kier molecular flexibility index (Phi) is 2.61. The lowest BCUT2D eigenvalue weighted by Crippen LogP contribution is -2.12. The van der Waals surface area contributed by atoms with Crippen molar-refractivity contribution in [3.8, 4) is 11.4 Å². The maximum atomic E-state index is 13.3. The van der Waals surface area contributed by atoms with Crippen LogP contribution in [-0.4, -0.2) is 14.5 Å². The van der Waals surface area contributed by atoms with E-state index in [-0.39, 0.29) is 5.52 Å². The minimum Gasteiger partial charge on any atom is -0.308 e. The highest BCUT2D eigenvalue weighted by atomic mass is 19.4. The molecular weight excluding hydrogens is 291 g/mol. The summed E-state index contributed by atoms with van der Waals surface area (Å²) < 4.78 is 41.6. The molecule has 3 aromatic rings. The second-order valence-corrected chi connectivity index (χ2v) is 5.48. The number of halogens is 3.